The molecule has 0 saturated heterocycles. The maximum Gasteiger partial charge on any atom is 0.176 e. The molecule has 66 valence electrons. The second-order valence-corrected chi connectivity index (χ2v) is 4.85. The average molecular weight is 275 g/mol. The van der Waals surface area contributed by atoms with Gasteiger partial charge in [-0.2, -0.15) is 4.37 Å². The lowest BCUT2D eigenvalue weighted by Gasteiger charge is -1.94. The largest absolute Gasteiger partial charge is 0.245 e. The lowest BCUT2D eigenvalue weighted by molar-refractivity contribution is 1.03. The van der Waals surface area contributed by atoms with E-state index in [2.05, 4.69) is 35.3 Å². The van der Waals surface area contributed by atoms with E-state index in [0.29, 0.717) is 0 Å². The van der Waals surface area contributed by atoms with Crippen LogP contribution < -0.4 is 0 Å². The molecule has 0 aliphatic carbocycles. The van der Waals surface area contributed by atoms with Gasteiger partial charge in [-0.05, 0) is 39.2 Å². The van der Waals surface area contributed by atoms with Crippen LogP contribution in [0.4, 0.5) is 0 Å². The zero-order valence-electron chi connectivity index (χ0n) is 6.22. The highest BCUT2D eigenvalue weighted by atomic mass is 79.9. The van der Waals surface area contributed by atoms with E-state index in [9.17, 15) is 0 Å². The predicted molar refractivity (Wildman–Crippen MR) is 53.8 cm³/mol. The molecule has 0 bridgehead atoms. The quantitative estimate of drug-likeness (QED) is 0.841. The Kier molecular flexibility index (Phi) is 2.87. The fourth-order valence-electron chi connectivity index (χ4n) is 0.651. The molecule has 0 amide bonds. The molecular formula is C6H3BrN4S2. The second kappa shape index (κ2) is 4.12. The Balaban J connectivity index is 2.15. The van der Waals surface area contributed by atoms with Crippen molar-refractivity contribution in [3.05, 3.63) is 23.3 Å². The molecule has 2 rings (SSSR count). The SMILES string of the molecule is Brc1cnc(Sc2ncns2)cn1. The molecule has 0 aliphatic rings. The third kappa shape index (κ3) is 2.45. The normalized spacial score (nSPS) is 10.2. The van der Waals surface area contributed by atoms with Crippen LogP contribution in [-0.2, 0) is 0 Å². The van der Waals surface area contributed by atoms with Gasteiger partial charge in [-0.15, -0.1) is 0 Å². The standard InChI is InChI=1S/C6H3BrN4S2/c7-4-1-9-5(2-8-4)12-6-10-3-11-13-6/h1-3H. The van der Waals surface area contributed by atoms with Crippen molar-refractivity contribution in [3.8, 4) is 0 Å². The van der Waals surface area contributed by atoms with Gasteiger partial charge in [-0.25, -0.2) is 15.0 Å². The Morgan fingerprint density at radius 3 is 2.77 bits per heavy atom. The monoisotopic (exact) mass is 274 g/mol. The van der Waals surface area contributed by atoms with Gasteiger partial charge < -0.3 is 0 Å². The van der Waals surface area contributed by atoms with E-state index < -0.39 is 0 Å². The van der Waals surface area contributed by atoms with E-state index in [0.717, 1.165) is 14.0 Å². The van der Waals surface area contributed by atoms with Crippen molar-refractivity contribution in [2.75, 3.05) is 0 Å². The number of aromatic nitrogens is 4. The number of nitrogens with zero attached hydrogens (tertiary/aromatic N) is 4. The molecule has 2 aromatic heterocycles. The lowest BCUT2D eigenvalue weighted by Crippen LogP contribution is -1.81. The van der Waals surface area contributed by atoms with E-state index in [1.807, 2.05) is 0 Å². The molecule has 0 N–H and O–H groups in total. The van der Waals surface area contributed by atoms with E-state index in [-0.39, 0.29) is 0 Å². The minimum absolute atomic E-state index is 0.731. The number of rotatable bonds is 2. The van der Waals surface area contributed by atoms with Gasteiger partial charge in [0.2, 0.25) is 0 Å². The topological polar surface area (TPSA) is 51.6 Å². The van der Waals surface area contributed by atoms with Crippen LogP contribution >= 0.6 is 39.2 Å². The second-order valence-electron chi connectivity index (χ2n) is 1.99. The minimum Gasteiger partial charge on any atom is -0.245 e. The number of hydrogen-bond acceptors (Lipinski definition) is 6. The molecule has 0 aliphatic heterocycles. The van der Waals surface area contributed by atoms with Crippen molar-refractivity contribution < 1.29 is 0 Å². The zero-order chi connectivity index (χ0) is 9.10. The van der Waals surface area contributed by atoms with Gasteiger partial charge in [-0.3, -0.25) is 0 Å². The molecule has 0 radical (unpaired) electrons. The first-order valence-electron chi connectivity index (χ1n) is 3.26. The molecule has 0 atom stereocenters. The van der Waals surface area contributed by atoms with Crippen LogP contribution in [0, 0.1) is 0 Å². The fourth-order valence-corrected chi connectivity index (χ4v) is 2.16. The Morgan fingerprint density at radius 1 is 1.23 bits per heavy atom. The summed E-state index contributed by atoms with van der Waals surface area (Å²) in [6, 6.07) is 0. The summed E-state index contributed by atoms with van der Waals surface area (Å²) in [5.74, 6) is 0. The molecule has 0 aromatic carbocycles. The number of hydrogen-bond donors (Lipinski definition) is 0. The van der Waals surface area contributed by atoms with E-state index >= 15 is 0 Å². The summed E-state index contributed by atoms with van der Waals surface area (Å²) in [5, 5.41) is 0.819. The Bertz CT molecular complexity index is 374. The molecule has 13 heavy (non-hydrogen) atoms. The number of halogens is 1. The molecule has 0 saturated carbocycles. The third-order valence-electron chi connectivity index (χ3n) is 1.13. The third-order valence-corrected chi connectivity index (χ3v) is 3.17. The molecule has 0 spiro atoms. The predicted octanol–water partition coefficient (Wildman–Crippen LogP) is 2.24. The molecule has 2 heterocycles. The highest BCUT2D eigenvalue weighted by Gasteiger charge is 2.01. The van der Waals surface area contributed by atoms with Crippen LogP contribution in [0.3, 0.4) is 0 Å². The lowest BCUT2D eigenvalue weighted by atomic mass is 10.8. The van der Waals surface area contributed by atoms with Crippen LogP contribution in [0.2, 0.25) is 0 Å². The van der Waals surface area contributed by atoms with Crippen LogP contribution in [-0.4, -0.2) is 19.3 Å². The fraction of sp³-hybridized carbons (Fsp3) is 0. The molecule has 2 aromatic rings. The van der Waals surface area contributed by atoms with Crippen molar-refractivity contribution in [1.82, 2.24) is 19.3 Å². The van der Waals surface area contributed by atoms with Gasteiger partial charge in [-0.1, -0.05) is 0 Å². The maximum absolute atomic E-state index is 4.15. The highest BCUT2D eigenvalue weighted by Crippen LogP contribution is 2.25. The minimum atomic E-state index is 0.731. The van der Waals surface area contributed by atoms with Gasteiger partial charge in [0.15, 0.2) is 4.34 Å². The van der Waals surface area contributed by atoms with E-state index in [4.69, 9.17) is 0 Å². The Labute approximate surface area is 91.1 Å². The van der Waals surface area contributed by atoms with Crippen LogP contribution in [0.5, 0.6) is 0 Å². The molecule has 0 fully saturated rings. The Morgan fingerprint density at radius 2 is 2.15 bits per heavy atom. The van der Waals surface area contributed by atoms with Crippen molar-refractivity contribution in [2.45, 2.75) is 9.37 Å². The first kappa shape index (κ1) is 9.04. The maximum atomic E-state index is 4.15. The van der Waals surface area contributed by atoms with Crippen molar-refractivity contribution in [2.24, 2.45) is 0 Å². The summed E-state index contributed by atoms with van der Waals surface area (Å²) in [7, 11) is 0. The van der Waals surface area contributed by atoms with Gasteiger partial charge in [0.05, 0.1) is 12.4 Å². The van der Waals surface area contributed by atoms with Crippen molar-refractivity contribution >= 4 is 39.2 Å². The van der Waals surface area contributed by atoms with Crippen molar-refractivity contribution in [1.29, 1.82) is 0 Å². The summed E-state index contributed by atoms with van der Waals surface area (Å²) in [6.45, 7) is 0. The summed E-state index contributed by atoms with van der Waals surface area (Å²) in [5.41, 5.74) is 0. The zero-order valence-corrected chi connectivity index (χ0v) is 9.43. The highest BCUT2D eigenvalue weighted by molar-refractivity contribution is 9.10. The van der Waals surface area contributed by atoms with Crippen LogP contribution in [0.1, 0.15) is 0 Å². The first-order valence-corrected chi connectivity index (χ1v) is 5.65. The van der Waals surface area contributed by atoms with E-state index in [1.54, 1.807) is 12.4 Å². The van der Waals surface area contributed by atoms with Gasteiger partial charge >= 0.3 is 0 Å². The van der Waals surface area contributed by atoms with E-state index in [1.165, 1.54) is 29.6 Å². The molecule has 0 unspecified atom stereocenters. The van der Waals surface area contributed by atoms with Crippen LogP contribution in [0.25, 0.3) is 0 Å². The summed E-state index contributed by atoms with van der Waals surface area (Å²) in [4.78, 5) is 12.2. The molecular weight excluding hydrogens is 272 g/mol. The Hall–Kier alpha value is -0.530. The smallest absolute Gasteiger partial charge is 0.176 e. The summed E-state index contributed by atoms with van der Waals surface area (Å²) < 4.78 is 5.49. The molecule has 7 heteroatoms. The first-order chi connectivity index (χ1) is 6.34. The van der Waals surface area contributed by atoms with Crippen molar-refractivity contribution in [3.63, 3.8) is 0 Å². The average Bonchev–Trinajstić information content (AvgIpc) is 2.62. The molecule has 4 nitrogen and oxygen atoms in total. The van der Waals surface area contributed by atoms with Crippen LogP contribution in [0.15, 0.2) is 32.7 Å². The van der Waals surface area contributed by atoms with Gasteiger partial charge in [0, 0.05) is 0 Å². The summed E-state index contributed by atoms with van der Waals surface area (Å²) >= 11 is 6.01. The summed E-state index contributed by atoms with van der Waals surface area (Å²) in [6.07, 6.45) is 4.87. The van der Waals surface area contributed by atoms with Gasteiger partial charge in [0.25, 0.3) is 0 Å². The van der Waals surface area contributed by atoms with Gasteiger partial charge in [0.1, 0.15) is 16.0 Å².